The highest BCUT2D eigenvalue weighted by Crippen LogP contribution is 2.16. The number of benzene rings is 1. The maximum absolute atomic E-state index is 13.4. The number of phenolic OH excluding ortho intramolecular Hbond substituents is 1. The van der Waals surface area contributed by atoms with Crippen LogP contribution in [-0.2, 0) is 0 Å². The van der Waals surface area contributed by atoms with Crippen LogP contribution in [0.4, 0.5) is 4.39 Å². The maximum Gasteiger partial charge on any atom is 0.256 e. The molecule has 1 aromatic carbocycles. The maximum atomic E-state index is 13.4. The Morgan fingerprint density at radius 2 is 2.24 bits per heavy atom. The van der Waals surface area contributed by atoms with Crippen LogP contribution < -0.4 is 5.73 Å². The zero-order chi connectivity index (χ0) is 13.0. The first-order chi connectivity index (χ1) is 7.91. The summed E-state index contributed by atoms with van der Waals surface area (Å²) < 4.78 is 13.4. The number of carbonyl (C=O) groups is 1. The van der Waals surface area contributed by atoms with Crippen molar-refractivity contribution in [1.82, 2.24) is 4.90 Å². The van der Waals surface area contributed by atoms with Crippen LogP contribution in [0.5, 0.6) is 5.75 Å². The largest absolute Gasteiger partial charge is 0.508 e. The molecule has 17 heavy (non-hydrogen) atoms. The van der Waals surface area contributed by atoms with Crippen molar-refractivity contribution in [3.05, 3.63) is 29.6 Å². The van der Waals surface area contributed by atoms with Crippen molar-refractivity contribution in [2.24, 2.45) is 5.73 Å². The van der Waals surface area contributed by atoms with Gasteiger partial charge in [0.2, 0.25) is 0 Å². The molecule has 1 aromatic rings. The minimum Gasteiger partial charge on any atom is -0.508 e. The Kier molecular flexibility index (Phi) is 4.39. The third kappa shape index (κ3) is 3.67. The topological polar surface area (TPSA) is 66.6 Å². The number of amides is 1. The summed E-state index contributed by atoms with van der Waals surface area (Å²) in [6, 6.07) is 3.40. The van der Waals surface area contributed by atoms with Gasteiger partial charge in [0.15, 0.2) is 0 Å². The van der Waals surface area contributed by atoms with Crippen molar-refractivity contribution < 1.29 is 14.3 Å². The molecule has 0 radical (unpaired) electrons. The van der Waals surface area contributed by atoms with Gasteiger partial charge in [-0.2, -0.15) is 0 Å². The summed E-state index contributed by atoms with van der Waals surface area (Å²) in [6.45, 7) is 0.328. The highest BCUT2D eigenvalue weighted by atomic mass is 32.1. The van der Waals surface area contributed by atoms with E-state index < -0.39 is 11.7 Å². The second-order valence-corrected chi connectivity index (χ2v) is 4.13. The number of hydrogen-bond acceptors (Lipinski definition) is 3. The molecule has 0 aromatic heterocycles. The van der Waals surface area contributed by atoms with Crippen LogP contribution in [0.15, 0.2) is 18.2 Å². The minimum atomic E-state index is -0.753. The average Bonchev–Trinajstić information content (AvgIpc) is 2.25. The van der Waals surface area contributed by atoms with Crippen molar-refractivity contribution in [3.8, 4) is 5.75 Å². The van der Waals surface area contributed by atoms with Gasteiger partial charge < -0.3 is 15.7 Å². The van der Waals surface area contributed by atoms with Crippen LogP contribution in [0.2, 0.25) is 0 Å². The van der Waals surface area contributed by atoms with E-state index in [1.54, 1.807) is 0 Å². The quantitative estimate of drug-likeness (QED) is 0.796. The van der Waals surface area contributed by atoms with E-state index in [4.69, 9.17) is 23.1 Å². The Balaban J connectivity index is 2.78. The van der Waals surface area contributed by atoms with Gasteiger partial charge in [-0.25, -0.2) is 4.39 Å². The molecular formula is C11H13FN2O2S. The average molecular weight is 256 g/mol. The fourth-order valence-corrected chi connectivity index (χ4v) is 1.35. The number of hydrogen-bond donors (Lipinski definition) is 2. The summed E-state index contributed by atoms with van der Waals surface area (Å²) in [5.74, 6) is -1.44. The Labute approximate surface area is 104 Å². The van der Waals surface area contributed by atoms with Gasteiger partial charge in [0.1, 0.15) is 11.6 Å². The second kappa shape index (κ2) is 5.58. The standard InChI is InChI=1S/C11H13FN2O2S/c1-14(5-4-10(13)17)11(16)8-3-2-7(15)6-9(8)12/h2-3,6,15H,4-5H2,1H3,(H2,13,17). The van der Waals surface area contributed by atoms with Gasteiger partial charge in [0, 0.05) is 26.1 Å². The lowest BCUT2D eigenvalue weighted by Gasteiger charge is -2.17. The van der Waals surface area contributed by atoms with E-state index in [2.05, 4.69) is 0 Å². The SMILES string of the molecule is CN(CCC(N)=S)C(=O)c1ccc(O)cc1F. The van der Waals surface area contributed by atoms with E-state index in [0.717, 1.165) is 6.07 Å². The first-order valence-corrected chi connectivity index (χ1v) is 5.35. The Bertz CT molecular complexity index is 451. The lowest BCUT2D eigenvalue weighted by Crippen LogP contribution is -2.30. The van der Waals surface area contributed by atoms with Crippen LogP contribution in [-0.4, -0.2) is 34.5 Å². The Hall–Kier alpha value is -1.69. The van der Waals surface area contributed by atoms with Crippen molar-refractivity contribution in [1.29, 1.82) is 0 Å². The fourth-order valence-electron chi connectivity index (χ4n) is 1.26. The first-order valence-electron chi connectivity index (χ1n) is 4.94. The number of rotatable bonds is 4. The van der Waals surface area contributed by atoms with Gasteiger partial charge in [-0.15, -0.1) is 0 Å². The van der Waals surface area contributed by atoms with Crippen LogP contribution in [0.25, 0.3) is 0 Å². The van der Waals surface area contributed by atoms with Gasteiger partial charge in [-0.05, 0) is 12.1 Å². The molecule has 0 unspecified atom stereocenters. The van der Waals surface area contributed by atoms with Crippen LogP contribution in [0.1, 0.15) is 16.8 Å². The van der Waals surface area contributed by atoms with Gasteiger partial charge in [0.25, 0.3) is 5.91 Å². The number of nitrogens with zero attached hydrogens (tertiary/aromatic N) is 1. The van der Waals surface area contributed by atoms with Crippen molar-refractivity contribution >= 4 is 23.1 Å². The molecule has 3 N–H and O–H groups in total. The van der Waals surface area contributed by atoms with Crippen molar-refractivity contribution in [2.75, 3.05) is 13.6 Å². The van der Waals surface area contributed by atoms with E-state index in [1.807, 2.05) is 0 Å². The summed E-state index contributed by atoms with van der Waals surface area (Å²) in [6.07, 6.45) is 0.386. The molecule has 0 saturated carbocycles. The predicted octanol–water partition coefficient (Wildman–Crippen LogP) is 1.28. The summed E-state index contributed by atoms with van der Waals surface area (Å²) >= 11 is 4.69. The van der Waals surface area contributed by atoms with E-state index in [0.29, 0.717) is 18.0 Å². The van der Waals surface area contributed by atoms with Crippen molar-refractivity contribution in [3.63, 3.8) is 0 Å². The summed E-state index contributed by atoms with van der Waals surface area (Å²) in [5.41, 5.74) is 5.23. The molecule has 4 nitrogen and oxygen atoms in total. The molecule has 6 heteroatoms. The van der Waals surface area contributed by atoms with Crippen molar-refractivity contribution in [2.45, 2.75) is 6.42 Å². The molecule has 0 aliphatic carbocycles. The number of aromatic hydroxyl groups is 1. The van der Waals surface area contributed by atoms with Crippen LogP contribution >= 0.6 is 12.2 Å². The lowest BCUT2D eigenvalue weighted by atomic mass is 10.1. The van der Waals surface area contributed by atoms with E-state index in [9.17, 15) is 9.18 Å². The number of carbonyl (C=O) groups excluding carboxylic acids is 1. The molecule has 0 saturated heterocycles. The van der Waals surface area contributed by atoms with Gasteiger partial charge in [-0.1, -0.05) is 12.2 Å². The Morgan fingerprint density at radius 1 is 1.59 bits per heavy atom. The molecule has 0 fully saturated rings. The molecule has 0 aliphatic rings. The van der Waals surface area contributed by atoms with Crippen LogP contribution in [0.3, 0.4) is 0 Å². The number of nitrogens with two attached hydrogens (primary N) is 1. The smallest absolute Gasteiger partial charge is 0.256 e. The summed E-state index contributed by atoms with van der Waals surface area (Å²) in [5, 5.41) is 9.04. The Morgan fingerprint density at radius 3 is 2.76 bits per heavy atom. The predicted molar refractivity (Wildman–Crippen MR) is 66.4 cm³/mol. The van der Waals surface area contributed by atoms with E-state index in [1.165, 1.54) is 24.1 Å². The first kappa shape index (κ1) is 13.4. The van der Waals surface area contributed by atoms with Gasteiger partial charge >= 0.3 is 0 Å². The molecule has 1 amide bonds. The van der Waals surface area contributed by atoms with E-state index in [-0.39, 0.29) is 11.3 Å². The molecule has 1 rings (SSSR count). The molecule has 0 aliphatic heterocycles. The molecule has 0 atom stereocenters. The monoisotopic (exact) mass is 256 g/mol. The summed E-state index contributed by atoms with van der Waals surface area (Å²) in [4.78, 5) is 13.4. The number of halogens is 1. The van der Waals surface area contributed by atoms with Crippen LogP contribution in [0, 0.1) is 5.82 Å². The number of thiocarbonyl (C=S) groups is 1. The molecular weight excluding hydrogens is 243 g/mol. The third-order valence-corrected chi connectivity index (χ3v) is 2.43. The highest BCUT2D eigenvalue weighted by molar-refractivity contribution is 7.80. The molecule has 92 valence electrons. The molecule has 0 bridgehead atoms. The van der Waals surface area contributed by atoms with Gasteiger partial charge in [0.05, 0.1) is 10.6 Å². The fraction of sp³-hybridized carbons (Fsp3) is 0.273. The third-order valence-electron chi connectivity index (χ3n) is 2.22. The zero-order valence-corrected chi connectivity index (χ0v) is 10.1. The molecule has 0 heterocycles. The van der Waals surface area contributed by atoms with E-state index >= 15 is 0 Å². The number of phenols is 1. The summed E-state index contributed by atoms with van der Waals surface area (Å²) in [7, 11) is 1.53. The zero-order valence-electron chi connectivity index (χ0n) is 9.31. The molecule has 0 spiro atoms. The lowest BCUT2D eigenvalue weighted by molar-refractivity contribution is 0.0794. The normalized spacial score (nSPS) is 10.0. The minimum absolute atomic E-state index is 0.0896. The second-order valence-electron chi connectivity index (χ2n) is 3.61. The highest BCUT2D eigenvalue weighted by Gasteiger charge is 2.16. The van der Waals surface area contributed by atoms with Gasteiger partial charge in [-0.3, -0.25) is 4.79 Å².